The van der Waals surface area contributed by atoms with Crippen molar-refractivity contribution in [3.05, 3.63) is 47.5 Å². The number of ether oxygens (including phenoxy) is 1. The number of nitrogens with one attached hydrogen (secondary N) is 2. The van der Waals surface area contributed by atoms with E-state index in [-0.39, 0.29) is 11.3 Å². The van der Waals surface area contributed by atoms with Crippen LogP contribution in [0.4, 0.5) is 0 Å². The van der Waals surface area contributed by atoms with Gasteiger partial charge in [-0.15, -0.1) is 0 Å². The van der Waals surface area contributed by atoms with Crippen LogP contribution in [0.3, 0.4) is 0 Å². The van der Waals surface area contributed by atoms with Crippen LogP contribution >= 0.6 is 0 Å². The first-order valence-corrected chi connectivity index (χ1v) is 8.46. The van der Waals surface area contributed by atoms with E-state index in [0.717, 1.165) is 11.1 Å². The Bertz CT molecular complexity index is 785. The molecule has 0 unspecified atom stereocenters. The van der Waals surface area contributed by atoms with Gasteiger partial charge in [-0.05, 0) is 37.1 Å². The average Bonchev–Trinajstić information content (AvgIpc) is 3.01. The Kier molecular flexibility index (Phi) is 5.17. The summed E-state index contributed by atoms with van der Waals surface area (Å²) in [6, 6.07) is 3.77. The Labute approximate surface area is 135 Å². The minimum Gasteiger partial charge on any atom is -0.468 e. The minimum atomic E-state index is -3.84. The first kappa shape index (κ1) is 17.2. The number of carbonyl (C=O) groups is 1. The highest BCUT2D eigenvalue weighted by Gasteiger charge is 2.27. The van der Waals surface area contributed by atoms with Gasteiger partial charge in [-0.2, -0.15) is 4.72 Å². The van der Waals surface area contributed by atoms with Crippen LogP contribution in [0.2, 0.25) is 0 Å². The fraction of sp³-hybridized carbons (Fsp3) is 0.333. The van der Waals surface area contributed by atoms with Gasteiger partial charge in [-0.1, -0.05) is 6.07 Å². The molecule has 0 saturated carbocycles. The topological polar surface area (TPSA) is 101 Å². The molecule has 0 saturated heterocycles. The number of aromatic amines is 1. The summed E-state index contributed by atoms with van der Waals surface area (Å²) in [6.07, 6.45) is 3.11. The fourth-order valence-electron chi connectivity index (χ4n) is 2.07. The molecule has 2 aromatic rings. The summed E-state index contributed by atoms with van der Waals surface area (Å²) in [4.78, 5) is 18.7. The van der Waals surface area contributed by atoms with E-state index in [9.17, 15) is 13.2 Å². The predicted molar refractivity (Wildman–Crippen MR) is 84.3 cm³/mol. The summed E-state index contributed by atoms with van der Waals surface area (Å²) in [5.41, 5.74) is 2.48. The Morgan fingerprint density at radius 2 is 2.09 bits per heavy atom. The molecule has 0 bridgehead atoms. The summed E-state index contributed by atoms with van der Waals surface area (Å²) < 4.78 is 32.1. The molecular formula is C15H19N3O4S. The normalized spacial score (nSPS) is 12.8. The second-order valence-electron chi connectivity index (χ2n) is 5.22. The van der Waals surface area contributed by atoms with E-state index in [1.807, 2.05) is 13.8 Å². The van der Waals surface area contributed by atoms with Crippen LogP contribution in [-0.4, -0.2) is 37.5 Å². The third kappa shape index (κ3) is 4.17. The third-order valence-electron chi connectivity index (χ3n) is 3.55. The van der Waals surface area contributed by atoms with E-state index in [4.69, 9.17) is 0 Å². The van der Waals surface area contributed by atoms with Gasteiger partial charge in [0, 0.05) is 18.3 Å². The lowest BCUT2D eigenvalue weighted by Gasteiger charge is -2.16. The van der Waals surface area contributed by atoms with E-state index in [0.29, 0.717) is 5.69 Å². The molecule has 0 spiro atoms. The second-order valence-corrected chi connectivity index (χ2v) is 6.94. The lowest BCUT2D eigenvalue weighted by molar-refractivity contribution is -0.142. The number of methoxy groups -OCH3 is 1. The van der Waals surface area contributed by atoms with Crippen molar-refractivity contribution in [2.45, 2.75) is 31.2 Å². The van der Waals surface area contributed by atoms with E-state index in [1.165, 1.54) is 25.7 Å². The fourth-order valence-corrected chi connectivity index (χ4v) is 3.34. The number of rotatable bonds is 6. The zero-order valence-corrected chi connectivity index (χ0v) is 14.0. The van der Waals surface area contributed by atoms with Gasteiger partial charge in [0.1, 0.15) is 6.04 Å². The van der Waals surface area contributed by atoms with Gasteiger partial charge < -0.3 is 9.72 Å². The average molecular weight is 337 g/mol. The quantitative estimate of drug-likeness (QED) is 0.768. The lowest BCUT2D eigenvalue weighted by Crippen LogP contribution is -2.43. The molecule has 0 fully saturated rings. The van der Waals surface area contributed by atoms with E-state index in [2.05, 4.69) is 19.4 Å². The van der Waals surface area contributed by atoms with Crippen molar-refractivity contribution in [1.82, 2.24) is 14.7 Å². The molecule has 1 heterocycles. The molecule has 1 atom stereocenters. The maximum Gasteiger partial charge on any atom is 0.324 e. The van der Waals surface area contributed by atoms with Gasteiger partial charge in [0.2, 0.25) is 10.0 Å². The number of imidazole rings is 1. The van der Waals surface area contributed by atoms with Gasteiger partial charge in [0.25, 0.3) is 0 Å². The van der Waals surface area contributed by atoms with Crippen molar-refractivity contribution in [3.63, 3.8) is 0 Å². The summed E-state index contributed by atoms with van der Waals surface area (Å²) in [7, 11) is -2.63. The molecule has 0 aliphatic carbocycles. The van der Waals surface area contributed by atoms with Crippen LogP contribution in [0.25, 0.3) is 0 Å². The monoisotopic (exact) mass is 337 g/mol. The number of aryl methyl sites for hydroxylation is 2. The Morgan fingerprint density at radius 1 is 1.35 bits per heavy atom. The van der Waals surface area contributed by atoms with Crippen molar-refractivity contribution >= 4 is 16.0 Å². The second kappa shape index (κ2) is 6.93. The van der Waals surface area contributed by atoms with Crippen LogP contribution in [-0.2, 0) is 26.0 Å². The van der Waals surface area contributed by atoms with Crippen molar-refractivity contribution in [3.8, 4) is 0 Å². The smallest absolute Gasteiger partial charge is 0.324 e. The van der Waals surface area contributed by atoms with Crippen LogP contribution in [0, 0.1) is 13.8 Å². The SMILES string of the molecule is COC(=O)[C@@H](Cc1cnc[nH]1)NS(=O)(=O)c1ccc(C)c(C)c1. The first-order chi connectivity index (χ1) is 10.8. The van der Waals surface area contributed by atoms with Gasteiger partial charge in [-0.25, -0.2) is 13.4 Å². The first-order valence-electron chi connectivity index (χ1n) is 6.98. The number of sulfonamides is 1. The number of esters is 1. The number of H-pyrrole nitrogens is 1. The summed E-state index contributed by atoms with van der Waals surface area (Å²) in [5, 5.41) is 0. The van der Waals surface area contributed by atoms with E-state index in [1.54, 1.807) is 12.1 Å². The number of benzene rings is 1. The van der Waals surface area contributed by atoms with Crippen molar-refractivity contribution in [1.29, 1.82) is 0 Å². The molecule has 0 aliphatic heterocycles. The molecule has 1 aromatic heterocycles. The molecule has 0 radical (unpaired) electrons. The summed E-state index contributed by atoms with van der Waals surface area (Å²) >= 11 is 0. The Balaban J connectivity index is 2.26. The maximum atomic E-state index is 12.5. The third-order valence-corrected chi connectivity index (χ3v) is 5.02. The number of aromatic nitrogens is 2. The minimum absolute atomic E-state index is 0.110. The molecule has 0 aliphatic rings. The molecule has 2 rings (SSSR count). The predicted octanol–water partition coefficient (Wildman–Crippen LogP) is 1.09. The standard InChI is InChI=1S/C15H19N3O4S/c1-10-4-5-13(6-11(10)2)23(20,21)18-14(15(19)22-3)7-12-8-16-9-17-12/h4-6,8-9,14,18H,7H2,1-3H3,(H,16,17)/t14-/m1/s1. The molecular weight excluding hydrogens is 318 g/mol. The van der Waals surface area contributed by atoms with Gasteiger partial charge in [-0.3, -0.25) is 4.79 Å². The molecule has 23 heavy (non-hydrogen) atoms. The molecule has 0 amide bonds. The summed E-state index contributed by atoms with van der Waals surface area (Å²) in [5.74, 6) is -0.660. The van der Waals surface area contributed by atoms with Crippen LogP contribution in [0.1, 0.15) is 16.8 Å². The van der Waals surface area contributed by atoms with Gasteiger partial charge in [0.15, 0.2) is 0 Å². The van der Waals surface area contributed by atoms with E-state index < -0.39 is 22.0 Å². The number of carbonyl (C=O) groups excluding carboxylic acids is 1. The Hall–Kier alpha value is -2.19. The molecule has 124 valence electrons. The highest BCUT2D eigenvalue weighted by Crippen LogP contribution is 2.15. The van der Waals surface area contributed by atoms with Crippen LogP contribution in [0.5, 0.6) is 0 Å². The largest absolute Gasteiger partial charge is 0.468 e. The van der Waals surface area contributed by atoms with Gasteiger partial charge >= 0.3 is 5.97 Å². The van der Waals surface area contributed by atoms with Crippen molar-refractivity contribution < 1.29 is 17.9 Å². The number of nitrogens with zero attached hydrogens (tertiary/aromatic N) is 1. The molecule has 7 nitrogen and oxygen atoms in total. The van der Waals surface area contributed by atoms with Crippen LogP contribution in [0.15, 0.2) is 35.6 Å². The zero-order valence-electron chi connectivity index (χ0n) is 13.2. The Morgan fingerprint density at radius 3 is 2.65 bits per heavy atom. The number of hydrogen-bond donors (Lipinski definition) is 2. The molecule has 2 N–H and O–H groups in total. The van der Waals surface area contributed by atoms with Crippen molar-refractivity contribution in [2.24, 2.45) is 0 Å². The van der Waals surface area contributed by atoms with Crippen molar-refractivity contribution in [2.75, 3.05) is 7.11 Å². The van der Waals surface area contributed by atoms with Gasteiger partial charge in [0.05, 0.1) is 18.3 Å². The lowest BCUT2D eigenvalue weighted by atomic mass is 10.1. The molecule has 8 heteroatoms. The van der Waals surface area contributed by atoms with E-state index >= 15 is 0 Å². The maximum absolute atomic E-state index is 12.5. The molecule has 1 aromatic carbocycles. The van der Waals surface area contributed by atoms with Crippen LogP contribution < -0.4 is 4.72 Å². The summed E-state index contributed by atoms with van der Waals surface area (Å²) in [6.45, 7) is 3.73. The highest BCUT2D eigenvalue weighted by atomic mass is 32.2. The number of hydrogen-bond acceptors (Lipinski definition) is 5. The highest BCUT2D eigenvalue weighted by molar-refractivity contribution is 7.89. The zero-order chi connectivity index (χ0) is 17.0.